The minimum absolute atomic E-state index is 0.872. The molecule has 5 nitrogen and oxygen atoms in total. The molecule has 0 atom stereocenters. The Morgan fingerprint density at radius 2 is 1.41 bits per heavy atom. The van der Waals surface area contributed by atoms with Crippen LogP contribution in [0.3, 0.4) is 0 Å². The fraction of sp³-hybridized carbons (Fsp3) is 0.0278. The summed E-state index contributed by atoms with van der Waals surface area (Å²) in [5.74, 6) is 0. The van der Waals surface area contributed by atoms with E-state index in [2.05, 4.69) is 104 Å². The number of hydrogen-bond acceptors (Lipinski definition) is 3. The van der Waals surface area contributed by atoms with Crippen LogP contribution >= 0.6 is 0 Å². The Kier molecular flexibility index (Phi) is 3.92. The molecule has 5 heterocycles. The van der Waals surface area contributed by atoms with Crippen LogP contribution in [0.1, 0.15) is 11.1 Å². The van der Waals surface area contributed by atoms with Crippen LogP contribution in [0.25, 0.3) is 77.0 Å². The second kappa shape index (κ2) is 7.55. The van der Waals surface area contributed by atoms with E-state index in [4.69, 9.17) is 4.98 Å². The Morgan fingerprint density at radius 1 is 0.585 bits per heavy atom. The number of pyridine rings is 3. The molecule has 0 aliphatic heterocycles. The van der Waals surface area contributed by atoms with Crippen LogP contribution < -0.4 is 0 Å². The molecule has 190 valence electrons. The monoisotopic (exact) mass is 523 g/mol. The molecule has 1 aliphatic carbocycles. The number of fused-ring (bicyclic) bond motifs is 16. The average molecular weight is 524 g/mol. The van der Waals surface area contributed by atoms with Gasteiger partial charge in [-0.05, 0) is 70.5 Å². The fourth-order valence-corrected chi connectivity index (χ4v) is 7.28. The van der Waals surface area contributed by atoms with Crippen LogP contribution in [0.2, 0.25) is 0 Å². The number of benzene rings is 4. The van der Waals surface area contributed by atoms with Gasteiger partial charge in [0.2, 0.25) is 0 Å². The van der Waals surface area contributed by atoms with Crippen molar-refractivity contribution in [1.82, 2.24) is 23.9 Å². The maximum atomic E-state index is 5.18. The molecule has 0 bridgehead atoms. The molecule has 10 rings (SSSR count). The summed E-state index contributed by atoms with van der Waals surface area (Å²) >= 11 is 0. The normalized spacial score (nSPS) is 12.8. The van der Waals surface area contributed by atoms with Crippen molar-refractivity contribution in [3.8, 4) is 16.8 Å². The summed E-state index contributed by atoms with van der Waals surface area (Å²) in [6.45, 7) is 0. The van der Waals surface area contributed by atoms with Crippen molar-refractivity contribution in [1.29, 1.82) is 0 Å². The lowest BCUT2D eigenvalue weighted by atomic mass is 9.96. The molecular weight excluding hydrogens is 502 g/mol. The van der Waals surface area contributed by atoms with E-state index >= 15 is 0 Å². The highest BCUT2D eigenvalue weighted by Crippen LogP contribution is 2.49. The first kappa shape index (κ1) is 21.3. The highest BCUT2D eigenvalue weighted by Gasteiger charge is 2.28. The molecule has 9 aromatic rings. The molecule has 0 spiro atoms. The van der Waals surface area contributed by atoms with Gasteiger partial charge in [-0.25, -0.2) is 4.98 Å². The zero-order valence-electron chi connectivity index (χ0n) is 21.9. The number of nitrogens with zero attached hydrogens (tertiary/aromatic N) is 5. The Morgan fingerprint density at radius 3 is 2.34 bits per heavy atom. The molecule has 5 heteroatoms. The van der Waals surface area contributed by atoms with Crippen LogP contribution in [-0.4, -0.2) is 23.9 Å². The Labute approximate surface area is 234 Å². The van der Waals surface area contributed by atoms with Crippen molar-refractivity contribution in [2.75, 3.05) is 0 Å². The maximum Gasteiger partial charge on any atom is 0.146 e. The van der Waals surface area contributed by atoms with Crippen molar-refractivity contribution in [2.24, 2.45) is 0 Å². The molecule has 4 aromatic carbocycles. The lowest BCUT2D eigenvalue weighted by Crippen LogP contribution is -1.95. The summed E-state index contributed by atoms with van der Waals surface area (Å²) < 4.78 is 4.64. The van der Waals surface area contributed by atoms with Gasteiger partial charge in [-0.2, -0.15) is 0 Å². The van der Waals surface area contributed by atoms with E-state index in [9.17, 15) is 0 Å². The molecule has 1 aliphatic rings. The van der Waals surface area contributed by atoms with Gasteiger partial charge >= 0.3 is 0 Å². The van der Waals surface area contributed by atoms with Crippen LogP contribution in [0.5, 0.6) is 0 Å². The molecule has 0 saturated heterocycles. The third kappa shape index (κ3) is 2.63. The van der Waals surface area contributed by atoms with Crippen LogP contribution in [0.4, 0.5) is 0 Å². The van der Waals surface area contributed by atoms with E-state index in [0.29, 0.717) is 0 Å². The first-order chi connectivity index (χ1) is 20.4. The zero-order chi connectivity index (χ0) is 26.7. The van der Waals surface area contributed by atoms with Crippen molar-refractivity contribution >= 4 is 60.2 Å². The lowest BCUT2D eigenvalue weighted by Gasteiger charge is -2.12. The molecule has 0 N–H and O–H groups in total. The van der Waals surface area contributed by atoms with Gasteiger partial charge in [-0.15, -0.1) is 0 Å². The van der Waals surface area contributed by atoms with Gasteiger partial charge in [0.05, 0.1) is 40.0 Å². The van der Waals surface area contributed by atoms with Gasteiger partial charge in [0.25, 0.3) is 0 Å². The molecule has 5 aromatic heterocycles. The summed E-state index contributed by atoms with van der Waals surface area (Å²) in [6, 6.07) is 32.8. The molecule has 0 amide bonds. The van der Waals surface area contributed by atoms with Crippen molar-refractivity contribution in [3.05, 3.63) is 127 Å². The molecule has 0 fully saturated rings. The predicted molar refractivity (Wildman–Crippen MR) is 166 cm³/mol. The van der Waals surface area contributed by atoms with E-state index in [1.54, 1.807) is 0 Å². The van der Waals surface area contributed by atoms with E-state index in [0.717, 1.165) is 28.6 Å². The van der Waals surface area contributed by atoms with Crippen LogP contribution in [0, 0.1) is 0 Å². The number of hydrogen-bond donors (Lipinski definition) is 0. The van der Waals surface area contributed by atoms with E-state index in [-0.39, 0.29) is 0 Å². The lowest BCUT2D eigenvalue weighted by molar-refractivity contribution is 1.18. The van der Waals surface area contributed by atoms with Gasteiger partial charge in [-0.1, -0.05) is 54.6 Å². The Bertz CT molecular complexity index is 2550. The zero-order valence-corrected chi connectivity index (χ0v) is 21.9. The van der Waals surface area contributed by atoms with Gasteiger partial charge in [0, 0.05) is 39.6 Å². The first-order valence-corrected chi connectivity index (χ1v) is 13.9. The second-order valence-corrected chi connectivity index (χ2v) is 10.9. The minimum Gasteiger partial charge on any atom is -0.309 e. The van der Waals surface area contributed by atoms with Crippen molar-refractivity contribution in [2.45, 2.75) is 6.42 Å². The van der Waals surface area contributed by atoms with Gasteiger partial charge in [-0.3, -0.25) is 14.4 Å². The SMILES string of the molecule is c1ccc(-n2c3ccccc3c3c4c(ccc32)Cc2c-4ccc3c4ccncc4n4c5cnccc5nc4c23)cc1. The Hall–Kier alpha value is -5.55. The standard InChI is InChI=1S/C36H21N5/c1-2-6-22(7-3-1)40-29-9-5-4-8-26(29)35-30(40)13-10-21-18-27-25(33(21)35)12-11-24-23-14-16-37-19-31(23)41-32-20-38-17-15-28(32)39-36(41)34(24)27/h1-17,19-20H,18H2. The maximum absolute atomic E-state index is 5.18. The second-order valence-electron chi connectivity index (χ2n) is 10.9. The Balaban J connectivity index is 1.38. The highest BCUT2D eigenvalue weighted by atomic mass is 15.0. The molecular formula is C36H21N5. The van der Waals surface area contributed by atoms with Crippen LogP contribution in [0.15, 0.2) is 116 Å². The summed E-state index contributed by atoms with van der Waals surface area (Å²) in [5.41, 5.74) is 12.9. The van der Waals surface area contributed by atoms with Gasteiger partial charge < -0.3 is 4.57 Å². The third-order valence-electron chi connectivity index (χ3n) is 8.90. The molecule has 0 unspecified atom stereocenters. The summed E-state index contributed by atoms with van der Waals surface area (Å²) in [4.78, 5) is 14.1. The number of rotatable bonds is 1. The first-order valence-electron chi connectivity index (χ1n) is 13.9. The van der Waals surface area contributed by atoms with Gasteiger partial charge in [0.15, 0.2) is 0 Å². The topological polar surface area (TPSA) is 48.0 Å². The smallest absolute Gasteiger partial charge is 0.146 e. The summed E-state index contributed by atoms with van der Waals surface area (Å²) in [5, 5.41) is 6.21. The van der Waals surface area contributed by atoms with E-state index in [1.807, 2.05) is 30.9 Å². The molecule has 41 heavy (non-hydrogen) atoms. The fourth-order valence-electron chi connectivity index (χ4n) is 7.28. The molecule has 0 saturated carbocycles. The molecule has 0 radical (unpaired) electrons. The highest BCUT2D eigenvalue weighted by molar-refractivity contribution is 6.21. The number of para-hydroxylation sites is 2. The average Bonchev–Trinajstić information content (AvgIpc) is 3.71. The summed E-state index contributed by atoms with van der Waals surface area (Å²) in [6.07, 6.45) is 8.43. The van der Waals surface area contributed by atoms with Gasteiger partial charge in [0.1, 0.15) is 5.65 Å². The van der Waals surface area contributed by atoms with Crippen LogP contribution in [-0.2, 0) is 6.42 Å². The predicted octanol–water partition coefficient (Wildman–Crippen LogP) is 8.25. The number of aromatic nitrogens is 5. The van der Waals surface area contributed by atoms with E-state index in [1.165, 1.54) is 65.9 Å². The van der Waals surface area contributed by atoms with E-state index < -0.39 is 0 Å². The van der Waals surface area contributed by atoms with Crippen molar-refractivity contribution in [3.63, 3.8) is 0 Å². The largest absolute Gasteiger partial charge is 0.309 e. The minimum atomic E-state index is 0.872. The van der Waals surface area contributed by atoms with Crippen molar-refractivity contribution < 1.29 is 0 Å². The summed E-state index contributed by atoms with van der Waals surface area (Å²) in [7, 11) is 0. The third-order valence-corrected chi connectivity index (χ3v) is 8.90. The number of imidazole rings is 1. The quantitative estimate of drug-likeness (QED) is 0.204.